The topological polar surface area (TPSA) is 76.7 Å². The van der Waals surface area contributed by atoms with Gasteiger partial charge in [0.15, 0.2) is 0 Å². The molecule has 0 radical (unpaired) electrons. The molecule has 0 saturated carbocycles. The van der Waals surface area contributed by atoms with Crippen molar-refractivity contribution in [1.82, 2.24) is 10.6 Å². The van der Waals surface area contributed by atoms with E-state index >= 15 is 0 Å². The second kappa shape index (κ2) is 6.32. The molecule has 0 saturated heterocycles. The number of amides is 2. The average Bonchev–Trinajstić information content (AvgIpc) is 2.44. The van der Waals surface area contributed by atoms with Gasteiger partial charge in [-0.05, 0) is 33.8 Å². The predicted octanol–water partition coefficient (Wildman–Crippen LogP) is 2.66. The fourth-order valence-corrected chi connectivity index (χ4v) is 2.44. The zero-order chi connectivity index (χ0) is 17.2. The lowest BCUT2D eigenvalue weighted by Crippen LogP contribution is -2.46. The molecule has 23 heavy (non-hydrogen) atoms. The van der Waals surface area contributed by atoms with Crippen LogP contribution in [0.4, 0.5) is 4.79 Å². The quantitative estimate of drug-likeness (QED) is 0.840. The number of allylic oxidation sites excluding steroid dienone is 1. The van der Waals surface area contributed by atoms with Crippen LogP contribution < -0.4 is 15.4 Å². The molecule has 0 aromatic heterocycles. The lowest BCUT2D eigenvalue weighted by Gasteiger charge is -2.30. The van der Waals surface area contributed by atoms with E-state index < -0.39 is 17.6 Å². The number of rotatable bonds is 3. The van der Waals surface area contributed by atoms with Crippen LogP contribution in [0, 0.1) is 0 Å². The van der Waals surface area contributed by atoms with Crippen LogP contribution in [-0.4, -0.2) is 24.7 Å². The number of hydrogen-bond donors (Lipinski definition) is 2. The number of benzene rings is 1. The fourth-order valence-electron chi connectivity index (χ4n) is 2.44. The summed E-state index contributed by atoms with van der Waals surface area (Å²) in [5.41, 5.74) is 0.907. The summed E-state index contributed by atoms with van der Waals surface area (Å²) in [6, 6.07) is 6.25. The number of hydrogen-bond acceptors (Lipinski definition) is 4. The van der Waals surface area contributed by atoms with Crippen LogP contribution in [0.3, 0.4) is 0 Å². The highest BCUT2D eigenvalue weighted by Crippen LogP contribution is 2.33. The Morgan fingerprint density at radius 2 is 1.87 bits per heavy atom. The van der Waals surface area contributed by atoms with Gasteiger partial charge in [0.05, 0.1) is 18.7 Å². The molecule has 1 atom stereocenters. The standard InChI is InChI=1S/C17H22N2O4/c1-10-13(15(20)23-17(2,3)4)14(19-16(21)18-10)11-8-6-7-9-12(11)22-5/h6-9,14H,1-5H3,(H2,18,19,21)/t14-/m0/s1. The molecule has 1 aromatic rings. The molecule has 6 heteroatoms. The molecule has 1 aliphatic heterocycles. The number of urea groups is 1. The van der Waals surface area contributed by atoms with Crippen molar-refractivity contribution in [3.63, 3.8) is 0 Å². The average molecular weight is 318 g/mol. The minimum Gasteiger partial charge on any atom is -0.496 e. The summed E-state index contributed by atoms with van der Waals surface area (Å²) in [6.45, 7) is 7.08. The van der Waals surface area contributed by atoms with Gasteiger partial charge in [-0.3, -0.25) is 0 Å². The normalized spacial score (nSPS) is 18.1. The minimum absolute atomic E-state index is 0.365. The first-order valence-electron chi connectivity index (χ1n) is 7.37. The maximum atomic E-state index is 12.6. The first kappa shape index (κ1) is 16.9. The van der Waals surface area contributed by atoms with Gasteiger partial charge in [-0.2, -0.15) is 0 Å². The van der Waals surface area contributed by atoms with Gasteiger partial charge in [0.25, 0.3) is 0 Å². The first-order valence-corrected chi connectivity index (χ1v) is 7.37. The summed E-state index contributed by atoms with van der Waals surface area (Å²) < 4.78 is 10.8. The van der Waals surface area contributed by atoms with Crippen molar-refractivity contribution in [2.75, 3.05) is 7.11 Å². The lowest BCUT2D eigenvalue weighted by molar-refractivity contribution is -0.150. The van der Waals surface area contributed by atoms with Gasteiger partial charge < -0.3 is 20.1 Å². The van der Waals surface area contributed by atoms with Crippen LogP contribution in [0.2, 0.25) is 0 Å². The zero-order valence-corrected chi connectivity index (χ0v) is 14.0. The predicted molar refractivity (Wildman–Crippen MR) is 85.9 cm³/mol. The van der Waals surface area contributed by atoms with E-state index in [0.717, 1.165) is 0 Å². The van der Waals surface area contributed by atoms with E-state index in [2.05, 4.69) is 10.6 Å². The first-order chi connectivity index (χ1) is 10.7. The fraction of sp³-hybridized carbons (Fsp3) is 0.412. The van der Waals surface area contributed by atoms with E-state index in [0.29, 0.717) is 22.6 Å². The van der Waals surface area contributed by atoms with E-state index in [9.17, 15) is 9.59 Å². The smallest absolute Gasteiger partial charge is 0.338 e. The van der Waals surface area contributed by atoms with Crippen molar-refractivity contribution in [3.8, 4) is 5.75 Å². The van der Waals surface area contributed by atoms with Crippen molar-refractivity contribution in [2.24, 2.45) is 0 Å². The Hall–Kier alpha value is -2.50. The number of esters is 1. The highest BCUT2D eigenvalue weighted by Gasteiger charge is 2.35. The Kier molecular flexibility index (Phi) is 4.63. The van der Waals surface area contributed by atoms with Crippen molar-refractivity contribution >= 4 is 12.0 Å². The Morgan fingerprint density at radius 1 is 1.22 bits per heavy atom. The lowest BCUT2D eigenvalue weighted by atomic mass is 9.94. The summed E-state index contributed by atoms with van der Waals surface area (Å²) in [6.07, 6.45) is 0. The van der Waals surface area contributed by atoms with Gasteiger partial charge in [0, 0.05) is 11.3 Å². The van der Waals surface area contributed by atoms with Gasteiger partial charge >= 0.3 is 12.0 Å². The minimum atomic E-state index is -0.630. The van der Waals surface area contributed by atoms with Crippen LogP contribution in [0.25, 0.3) is 0 Å². The van der Waals surface area contributed by atoms with Gasteiger partial charge in [0.1, 0.15) is 11.4 Å². The monoisotopic (exact) mass is 318 g/mol. The molecule has 124 valence electrons. The molecule has 0 spiro atoms. The molecule has 1 aromatic carbocycles. The van der Waals surface area contributed by atoms with Crippen molar-refractivity contribution < 1.29 is 19.1 Å². The second-order valence-electron chi connectivity index (χ2n) is 6.31. The van der Waals surface area contributed by atoms with Crippen molar-refractivity contribution in [2.45, 2.75) is 39.3 Å². The number of ether oxygens (including phenoxy) is 2. The summed E-state index contributed by atoms with van der Waals surface area (Å²) in [5, 5.41) is 5.39. The molecule has 2 N–H and O–H groups in total. The Bertz CT molecular complexity index is 659. The number of para-hydroxylation sites is 1. The molecule has 1 heterocycles. The third-order valence-electron chi connectivity index (χ3n) is 3.34. The van der Waals surface area contributed by atoms with E-state index in [1.54, 1.807) is 40.9 Å². The largest absolute Gasteiger partial charge is 0.496 e. The number of carbonyl (C=O) groups is 2. The molecule has 2 rings (SSSR count). The summed E-state index contributed by atoms with van der Waals surface area (Å²) in [7, 11) is 1.55. The van der Waals surface area contributed by atoms with Crippen LogP contribution in [0.1, 0.15) is 39.3 Å². The number of carbonyl (C=O) groups excluding carboxylic acids is 2. The van der Waals surface area contributed by atoms with Crippen LogP contribution >= 0.6 is 0 Å². The molecule has 2 amide bonds. The molecule has 0 bridgehead atoms. The Labute approximate surface area is 135 Å². The van der Waals surface area contributed by atoms with Crippen LogP contribution in [0.15, 0.2) is 35.5 Å². The third kappa shape index (κ3) is 3.83. The van der Waals surface area contributed by atoms with Crippen molar-refractivity contribution in [1.29, 1.82) is 0 Å². The van der Waals surface area contributed by atoms with Crippen LogP contribution in [0.5, 0.6) is 5.75 Å². The molecule has 0 unspecified atom stereocenters. The summed E-state index contributed by atoms with van der Waals surface area (Å²) >= 11 is 0. The zero-order valence-electron chi connectivity index (χ0n) is 14.0. The second-order valence-corrected chi connectivity index (χ2v) is 6.31. The summed E-state index contributed by atoms with van der Waals surface area (Å²) in [5.74, 6) is 0.118. The third-order valence-corrected chi connectivity index (χ3v) is 3.34. The molecule has 0 aliphatic carbocycles. The van der Waals surface area contributed by atoms with Crippen LogP contribution in [-0.2, 0) is 9.53 Å². The highest BCUT2D eigenvalue weighted by atomic mass is 16.6. The van der Waals surface area contributed by atoms with Gasteiger partial charge in [-0.25, -0.2) is 9.59 Å². The van der Waals surface area contributed by atoms with Gasteiger partial charge in [-0.15, -0.1) is 0 Å². The van der Waals surface area contributed by atoms with E-state index in [1.165, 1.54) is 0 Å². The molecule has 1 aliphatic rings. The molecular weight excluding hydrogens is 296 g/mol. The molecule has 6 nitrogen and oxygen atoms in total. The van der Waals surface area contributed by atoms with E-state index in [4.69, 9.17) is 9.47 Å². The Balaban J connectivity index is 2.48. The van der Waals surface area contributed by atoms with E-state index in [1.807, 2.05) is 18.2 Å². The maximum Gasteiger partial charge on any atom is 0.338 e. The molecular formula is C17H22N2O4. The number of nitrogens with one attached hydrogen (secondary N) is 2. The van der Waals surface area contributed by atoms with Gasteiger partial charge in [0.2, 0.25) is 0 Å². The maximum absolute atomic E-state index is 12.6. The van der Waals surface area contributed by atoms with E-state index in [-0.39, 0.29) is 6.03 Å². The number of methoxy groups -OCH3 is 1. The van der Waals surface area contributed by atoms with Crippen molar-refractivity contribution in [3.05, 3.63) is 41.1 Å². The summed E-state index contributed by atoms with van der Waals surface area (Å²) in [4.78, 5) is 24.5. The SMILES string of the molecule is COc1ccccc1[C@@H]1NC(=O)NC(C)=C1C(=O)OC(C)(C)C. The molecule has 0 fully saturated rings. The Morgan fingerprint density at radius 3 is 2.48 bits per heavy atom. The van der Waals surface area contributed by atoms with Gasteiger partial charge in [-0.1, -0.05) is 18.2 Å². The highest BCUT2D eigenvalue weighted by molar-refractivity contribution is 5.95.